The van der Waals surface area contributed by atoms with Gasteiger partial charge in [-0.1, -0.05) is 30.3 Å². The number of aromatic amines is 1. The molecule has 0 saturated heterocycles. The molecule has 0 unspecified atom stereocenters. The van der Waals surface area contributed by atoms with Gasteiger partial charge in [0.25, 0.3) is 0 Å². The van der Waals surface area contributed by atoms with Crippen LogP contribution in [0.5, 0.6) is 5.75 Å². The van der Waals surface area contributed by atoms with Crippen LogP contribution >= 0.6 is 0 Å². The fourth-order valence-electron chi connectivity index (χ4n) is 2.92. The average molecular weight is 401 g/mol. The fraction of sp³-hybridized carbons (Fsp3) is 0.0455. The van der Waals surface area contributed by atoms with Crippen LogP contribution in [0.15, 0.2) is 66.7 Å². The van der Waals surface area contributed by atoms with Crippen molar-refractivity contribution in [3.63, 3.8) is 0 Å². The summed E-state index contributed by atoms with van der Waals surface area (Å²) in [5.74, 6) is 0.295. The number of nitrogens with one attached hydrogen (secondary N) is 3. The van der Waals surface area contributed by atoms with Crippen LogP contribution in [-0.4, -0.2) is 16.2 Å². The van der Waals surface area contributed by atoms with Crippen molar-refractivity contribution in [3.8, 4) is 11.8 Å². The van der Waals surface area contributed by atoms with Crippen molar-refractivity contribution < 1.29 is 13.9 Å². The SMILES string of the molecule is N#Cc1ccccc1COc1ccc2[nH]nc(NC(=O)Nc3ccccc3F)c2c1. The van der Waals surface area contributed by atoms with Crippen molar-refractivity contribution >= 4 is 28.4 Å². The summed E-state index contributed by atoms with van der Waals surface area (Å²) < 4.78 is 19.5. The van der Waals surface area contributed by atoms with Gasteiger partial charge in [-0.2, -0.15) is 10.4 Å². The molecule has 4 aromatic rings. The molecule has 1 aromatic heterocycles. The van der Waals surface area contributed by atoms with Crippen LogP contribution in [0.2, 0.25) is 0 Å². The second kappa shape index (κ2) is 8.32. The Hall–Kier alpha value is -4.38. The van der Waals surface area contributed by atoms with Gasteiger partial charge in [-0.15, -0.1) is 0 Å². The normalized spacial score (nSPS) is 10.4. The van der Waals surface area contributed by atoms with E-state index in [0.29, 0.717) is 22.2 Å². The van der Waals surface area contributed by atoms with E-state index in [2.05, 4.69) is 26.9 Å². The Labute approximate surface area is 171 Å². The van der Waals surface area contributed by atoms with Gasteiger partial charge in [-0.25, -0.2) is 9.18 Å². The number of para-hydroxylation sites is 1. The van der Waals surface area contributed by atoms with Crippen LogP contribution in [0.3, 0.4) is 0 Å². The fourth-order valence-corrected chi connectivity index (χ4v) is 2.92. The molecule has 0 fully saturated rings. The van der Waals surface area contributed by atoms with Gasteiger partial charge in [-0.3, -0.25) is 10.4 Å². The first-order valence-electron chi connectivity index (χ1n) is 9.05. The maximum absolute atomic E-state index is 13.7. The molecule has 148 valence electrons. The van der Waals surface area contributed by atoms with Gasteiger partial charge in [-0.05, 0) is 36.4 Å². The van der Waals surface area contributed by atoms with E-state index < -0.39 is 11.8 Å². The zero-order chi connectivity index (χ0) is 20.9. The summed E-state index contributed by atoms with van der Waals surface area (Å²) in [5, 5.41) is 21.8. The lowest BCUT2D eigenvalue weighted by atomic mass is 10.1. The van der Waals surface area contributed by atoms with Crippen LogP contribution in [0.4, 0.5) is 20.7 Å². The van der Waals surface area contributed by atoms with Gasteiger partial charge >= 0.3 is 6.03 Å². The van der Waals surface area contributed by atoms with E-state index in [1.165, 1.54) is 18.2 Å². The van der Waals surface area contributed by atoms with Crippen LogP contribution in [-0.2, 0) is 6.61 Å². The number of fused-ring (bicyclic) bond motifs is 1. The Kier molecular flexibility index (Phi) is 5.26. The monoisotopic (exact) mass is 401 g/mol. The highest BCUT2D eigenvalue weighted by molar-refractivity contribution is 6.04. The van der Waals surface area contributed by atoms with Gasteiger partial charge in [0, 0.05) is 10.9 Å². The summed E-state index contributed by atoms with van der Waals surface area (Å²) >= 11 is 0. The predicted octanol–water partition coefficient (Wildman–Crippen LogP) is 4.80. The molecule has 3 N–H and O–H groups in total. The molecule has 0 aliphatic rings. The number of benzene rings is 3. The van der Waals surface area contributed by atoms with E-state index in [1.54, 1.807) is 36.4 Å². The lowest BCUT2D eigenvalue weighted by Gasteiger charge is -2.09. The Morgan fingerprint density at radius 1 is 1.10 bits per heavy atom. The highest BCUT2D eigenvalue weighted by Crippen LogP contribution is 2.26. The third-order valence-corrected chi connectivity index (χ3v) is 4.42. The summed E-state index contributed by atoms with van der Waals surface area (Å²) in [7, 11) is 0. The number of anilines is 2. The van der Waals surface area contributed by atoms with Crippen LogP contribution in [0.25, 0.3) is 10.9 Å². The summed E-state index contributed by atoms with van der Waals surface area (Å²) in [6.45, 7) is 0.226. The number of rotatable bonds is 5. The molecule has 0 spiro atoms. The Morgan fingerprint density at radius 2 is 1.90 bits per heavy atom. The summed E-state index contributed by atoms with van der Waals surface area (Å²) in [6.07, 6.45) is 0. The number of H-pyrrole nitrogens is 1. The molecule has 3 aromatic carbocycles. The Morgan fingerprint density at radius 3 is 2.73 bits per heavy atom. The topological polar surface area (TPSA) is 103 Å². The van der Waals surface area contributed by atoms with Crippen molar-refractivity contribution in [1.82, 2.24) is 10.2 Å². The highest BCUT2D eigenvalue weighted by atomic mass is 19.1. The number of urea groups is 1. The van der Waals surface area contributed by atoms with Crippen LogP contribution in [0, 0.1) is 17.1 Å². The molecule has 0 radical (unpaired) electrons. The molecule has 7 nitrogen and oxygen atoms in total. The van der Waals surface area contributed by atoms with E-state index in [0.717, 1.165) is 5.56 Å². The van der Waals surface area contributed by atoms with Gasteiger partial charge in [0.2, 0.25) is 0 Å². The Balaban J connectivity index is 1.49. The number of nitrogens with zero attached hydrogens (tertiary/aromatic N) is 2. The van der Waals surface area contributed by atoms with Gasteiger partial charge < -0.3 is 10.1 Å². The van der Waals surface area contributed by atoms with E-state index in [-0.39, 0.29) is 18.1 Å². The van der Waals surface area contributed by atoms with Crippen molar-refractivity contribution in [2.45, 2.75) is 6.61 Å². The molecule has 2 amide bonds. The number of hydrogen-bond acceptors (Lipinski definition) is 4. The number of carbonyl (C=O) groups is 1. The number of amides is 2. The van der Waals surface area contributed by atoms with Crippen molar-refractivity contribution in [2.75, 3.05) is 10.6 Å². The van der Waals surface area contributed by atoms with E-state index >= 15 is 0 Å². The molecular formula is C22H16FN5O2. The van der Waals surface area contributed by atoms with Gasteiger partial charge in [0.05, 0.1) is 22.8 Å². The molecular weight excluding hydrogens is 385 g/mol. The molecule has 0 bridgehead atoms. The lowest BCUT2D eigenvalue weighted by molar-refractivity contribution is 0.262. The maximum Gasteiger partial charge on any atom is 0.324 e. The van der Waals surface area contributed by atoms with Crippen LogP contribution < -0.4 is 15.4 Å². The number of aromatic nitrogens is 2. The summed E-state index contributed by atoms with van der Waals surface area (Å²) in [5.41, 5.74) is 2.08. The third-order valence-electron chi connectivity index (χ3n) is 4.42. The second-order valence-corrected chi connectivity index (χ2v) is 6.40. The molecule has 0 saturated carbocycles. The first kappa shape index (κ1) is 19.0. The van der Waals surface area contributed by atoms with E-state index in [4.69, 9.17) is 4.74 Å². The third kappa shape index (κ3) is 4.05. The second-order valence-electron chi connectivity index (χ2n) is 6.40. The van der Waals surface area contributed by atoms with Crippen molar-refractivity contribution in [1.29, 1.82) is 5.26 Å². The molecule has 0 aliphatic heterocycles. The minimum Gasteiger partial charge on any atom is -0.489 e. The molecule has 1 heterocycles. The zero-order valence-corrected chi connectivity index (χ0v) is 15.6. The standard InChI is InChI=1S/C22H16FN5O2/c23-18-7-3-4-8-20(18)25-22(29)26-21-17-11-16(9-10-19(17)27-28-21)30-13-15-6-2-1-5-14(15)12-24/h1-11H,13H2,(H3,25,26,27,28,29). The van der Waals surface area contributed by atoms with E-state index in [1.807, 2.05) is 12.1 Å². The molecule has 0 atom stereocenters. The number of hydrogen-bond donors (Lipinski definition) is 3. The first-order chi connectivity index (χ1) is 14.6. The molecule has 30 heavy (non-hydrogen) atoms. The average Bonchev–Trinajstić information content (AvgIpc) is 3.16. The van der Waals surface area contributed by atoms with Gasteiger partial charge in [0.15, 0.2) is 5.82 Å². The zero-order valence-electron chi connectivity index (χ0n) is 15.6. The predicted molar refractivity (Wildman–Crippen MR) is 111 cm³/mol. The van der Waals surface area contributed by atoms with Crippen molar-refractivity contribution in [2.24, 2.45) is 0 Å². The maximum atomic E-state index is 13.7. The van der Waals surface area contributed by atoms with Crippen molar-refractivity contribution in [3.05, 3.63) is 83.7 Å². The van der Waals surface area contributed by atoms with E-state index in [9.17, 15) is 14.4 Å². The summed E-state index contributed by atoms with van der Waals surface area (Å²) in [4.78, 5) is 12.2. The van der Waals surface area contributed by atoms with Crippen LogP contribution in [0.1, 0.15) is 11.1 Å². The Bertz CT molecular complexity index is 1260. The minimum atomic E-state index is -0.622. The molecule has 0 aliphatic carbocycles. The molecule has 8 heteroatoms. The number of nitriles is 1. The number of ether oxygens (including phenoxy) is 1. The lowest BCUT2D eigenvalue weighted by Crippen LogP contribution is -2.20. The minimum absolute atomic E-state index is 0.0648. The number of halogens is 1. The quantitative estimate of drug-likeness (QED) is 0.447. The highest BCUT2D eigenvalue weighted by Gasteiger charge is 2.12. The van der Waals surface area contributed by atoms with Gasteiger partial charge in [0.1, 0.15) is 18.2 Å². The molecule has 4 rings (SSSR count). The number of carbonyl (C=O) groups excluding carboxylic acids is 1. The summed E-state index contributed by atoms with van der Waals surface area (Å²) in [6, 6.07) is 19.9. The largest absolute Gasteiger partial charge is 0.489 e. The first-order valence-corrected chi connectivity index (χ1v) is 9.05. The smallest absolute Gasteiger partial charge is 0.324 e.